The third kappa shape index (κ3) is 3.27. The zero-order valence-corrected chi connectivity index (χ0v) is 17.5. The third-order valence-corrected chi connectivity index (χ3v) is 6.25. The van der Waals surface area contributed by atoms with Gasteiger partial charge in [0.25, 0.3) is 5.91 Å². The Hall–Kier alpha value is -2.45. The van der Waals surface area contributed by atoms with Crippen molar-refractivity contribution >= 4 is 27.7 Å². The van der Waals surface area contributed by atoms with Crippen molar-refractivity contribution in [3.63, 3.8) is 0 Å². The maximum atomic E-state index is 13.1. The number of rotatable bonds is 4. The molecule has 1 amide bonds. The largest absolute Gasteiger partial charge is 0.294 e. The van der Waals surface area contributed by atoms with Crippen molar-refractivity contribution < 1.29 is 4.79 Å². The molecule has 2 aromatic carbocycles. The number of nitriles is 1. The van der Waals surface area contributed by atoms with E-state index in [9.17, 15) is 10.1 Å². The van der Waals surface area contributed by atoms with E-state index in [4.69, 9.17) is 4.99 Å². The van der Waals surface area contributed by atoms with Gasteiger partial charge in [0.1, 0.15) is 11.4 Å². The van der Waals surface area contributed by atoms with Gasteiger partial charge in [-0.3, -0.25) is 14.7 Å². The molecule has 1 aliphatic carbocycles. The summed E-state index contributed by atoms with van der Waals surface area (Å²) in [6.45, 7) is 2.62. The molecule has 0 aromatic heterocycles. The van der Waals surface area contributed by atoms with E-state index in [-0.39, 0.29) is 5.91 Å². The number of aliphatic imine (C=N–C) groups is 1. The standard InChI is InChI=1S/C23H22BrN3O/c1-2-21-26-23(11-3-4-12-23)22(28)27(21)15-16-5-7-17(8-6-16)20-13-19(24)10-9-18(20)14-25/h5-10,13H,2-4,11-12,15H2,1H3. The van der Waals surface area contributed by atoms with E-state index >= 15 is 0 Å². The molecule has 0 N–H and O–H groups in total. The van der Waals surface area contributed by atoms with Gasteiger partial charge in [0.2, 0.25) is 0 Å². The molecule has 1 spiro atoms. The summed E-state index contributed by atoms with van der Waals surface area (Å²) < 4.78 is 0.943. The van der Waals surface area contributed by atoms with Crippen LogP contribution in [-0.4, -0.2) is 22.2 Å². The van der Waals surface area contributed by atoms with Gasteiger partial charge in [-0.2, -0.15) is 5.26 Å². The molecule has 142 valence electrons. The van der Waals surface area contributed by atoms with Crippen molar-refractivity contribution in [3.05, 3.63) is 58.1 Å². The number of carbonyl (C=O) groups is 1. The van der Waals surface area contributed by atoms with Crippen molar-refractivity contribution in [1.82, 2.24) is 4.90 Å². The zero-order valence-electron chi connectivity index (χ0n) is 15.9. The molecule has 4 nitrogen and oxygen atoms in total. The molecular formula is C23H22BrN3O. The molecule has 0 unspecified atom stereocenters. The van der Waals surface area contributed by atoms with Crippen LogP contribution in [0.1, 0.15) is 50.2 Å². The van der Waals surface area contributed by atoms with E-state index in [1.165, 1.54) is 0 Å². The lowest BCUT2D eigenvalue weighted by Crippen LogP contribution is -2.40. The van der Waals surface area contributed by atoms with Crippen LogP contribution in [0.4, 0.5) is 0 Å². The Morgan fingerprint density at radius 2 is 1.89 bits per heavy atom. The molecule has 0 bridgehead atoms. The van der Waals surface area contributed by atoms with Gasteiger partial charge in [0.15, 0.2) is 0 Å². The first-order chi connectivity index (χ1) is 13.6. The van der Waals surface area contributed by atoms with Gasteiger partial charge in [-0.15, -0.1) is 0 Å². The van der Waals surface area contributed by atoms with Crippen LogP contribution in [-0.2, 0) is 11.3 Å². The Balaban J connectivity index is 1.57. The lowest BCUT2D eigenvalue weighted by molar-refractivity contribution is -0.131. The summed E-state index contributed by atoms with van der Waals surface area (Å²) >= 11 is 3.48. The fraction of sp³-hybridized carbons (Fsp3) is 0.348. The number of hydrogen-bond donors (Lipinski definition) is 0. The first-order valence-corrected chi connectivity index (χ1v) is 10.6. The van der Waals surface area contributed by atoms with Crippen molar-refractivity contribution in [1.29, 1.82) is 5.26 Å². The highest BCUT2D eigenvalue weighted by Crippen LogP contribution is 2.40. The number of amidine groups is 1. The van der Waals surface area contributed by atoms with Crippen molar-refractivity contribution in [3.8, 4) is 17.2 Å². The van der Waals surface area contributed by atoms with E-state index in [0.29, 0.717) is 12.1 Å². The highest BCUT2D eigenvalue weighted by Gasteiger charge is 2.49. The van der Waals surface area contributed by atoms with Gasteiger partial charge in [-0.25, -0.2) is 0 Å². The highest BCUT2D eigenvalue weighted by atomic mass is 79.9. The van der Waals surface area contributed by atoms with Crippen LogP contribution in [0.25, 0.3) is 11.1 Å². The predicted molar refractivity (Wildman–Crippen MR) is 114 cm³/mol. The molecule has 0 saturated heterocycles. The van der Waals surface area contributed by atoms with E-state index in [2.05, 4.69) is 28.9 Å². The van der Waals surface area contributed by atoms with Gasteiger partial charge in [-0.05, 0) is 42.2 Å². The number of halogens is 1. The molecule has 4 rings (SSSR count). The average molecular weight is 436 g/mol. The lowest BCUT2D eigenvalue weighted by Gasteiger charge is -2.22. The maximum Gasteiger partial charge on any atom is 0.256 e. The van der Waals surface area contributed by atoms with Crippen LogP contribution in [0.5, 0.6) is 0 Å². The summed E-state index contributed by atoms with van der Waals surface area (Å²) in [5.41, 5.74) is 3.13. The summed E-state index contributed by atoms with van der Waals surface area (Å²) in [5, 5.41) is 9.38. The molecule has 2 aliphatic rings. The summed E-state index contributed by atoms with van der Waals surface area (Å²) in [5.74, 6) is 1.08. The molecule has 28 heavy (non-hydrogen) atoms. The van der Waals surface area contributed by atoms with E-state index < -0.39 is 5.54 Å². The number of nitrogens with zero attached hydrogens (tertiary/aromatic N) is 3. The molecule has 0 atom stereocenters. The molecule has 2 aromatic rings. The number of amides is 1. The van der Waals surface area contributed by atoms with Crippen LogP contribution in [0.15, 0.2) is 51.9 Å². The first kappa shape index (κ1) is 18.9. The zero-order chi connectivity index (χ0) is 19.7. The van der Waals surface area contributed by atoms with Crippen molar-refractivity contribution in [2.45, 2.75) is 51.1 Å². The minimum absolute atomic E-state index is 0.171. The monoisotopic (exact) mass is 435 g/mol. The molecule has 1 heterocycles. The second-order valence-corrected chi connectivity index (χ2v) is 8.43. The van der Waals surface area contributed by atoms with Crippen molar-refractivity contribution in [2.75, 3.05) is 0 Å². The topological polar surface area (TPSA) is 56.5 Å². The lowest BCUT2D eigenvalue weighted by atomic mass is 9.97. The number of hydrogen-bond acceptors (Lipinski definition) is 3. The first-order valence-electron chi connectivity index (χ1n) is 9.76. The van der Waals surface area contributed by atoms with Gasteiger partial charge < -0.3 is 0 Å². The quantitative estimate of drug-likeness (QED) is 0.640. The fourth-order valence-corrected chi connectivity index (χ4v) is 4.63. The molecule has 1 aliphatic heterocycles. The number of carbonyl (C=O) groups excluding carboxylic acids is 1. The normalized spacial score (nSPS) is 17.8. The highest BCUT2D eigenvalue weighted by molar-refractivity contribution is 9.10. The van der Waals surface area contributed by atoms with E-state index in [1.54, 1.807) is 0 Å². The molecule has 5 heteroatoms. The van der Waals surface area contributed by atoms with Gasteiger partial charge in [-0.1, -0.05) is 60.0 Å². The fourth-order valence-electron chi connectivity index (χ4n) is 4.27. The predicted octanol–water partition coefficient (Wildman–Crippen LogP) is 5.45. The van der Waals surface area contributed by atoms with Gasteiger partial charge in [0, 0.05) is 16.5 Å². The molecule has 0 radical (unpaired) electrons. The van der Waals surface area contributed by atoms with E-state index in [1.807, 2.05) is 47.4 Å². The Kier molecular flexibility index (Phi) is 5.07. The minimum Gasteiger partial charge on any atom is -0.294 e. The van der Waals surface area contributed by atoms with Crippen LogP contribution < -0.4 is 0 Å². The van der Waals surface area contributed by atoms with Crippen LogP contribution in [0.3, 0.4) is 0 Å². The van der Waals surface area contributed by atoms with Crippen molar-refractivity contribution in [2.24, 2.45) is 4.99 Å². The van der Waals surface area contributed by atoms with Crippen LogP contribution >= 0.6 is 15.9 Å². The van der Waals surface area contributed by atoms with E-state index in [0.717, 1.165) is 59.1 Å². The summed E-state index contributed by atoms with van der Waals surface area (Å²) in [7, 11) is 0. The summed E-state index contributed by atoms with van der Waals surface area (Å²) in [6.07, 6.45) is 4.70. The molecule has 1 fully saturated rings. The van der Waals surface area contributed by atoms with Gasteiger partial charge >= 0.3 is 0 Å². The maximum absolute atomic E-state index is 13.1. The Labute approximate surface area is 174 Å². The van der Waals surface area contributed by atoms with Gasteiger partial charge in [0.05, 0.1) is 18.2 Å². The summed E-state index contributed by atoms with van der Waals surface area (Å²) in [6, 6.07) is 16.0. The minimum atomic E-state index is -0.483. The van der Waals surface area contributed by atoms with Crippen LogP contribution in [0, 0.1) is 11.3 Å². The molecule has 1 saturated carbocycles. The second kappa shape index (κ2) is 7.52. The summed E-state index contributed by atoms with van der Waals surface area (Å²) in [4.78, 5) is 19.8. The average Bonchev–Trinajstić information content (AvgIpc) is 3.29. The smallest absolute Gasteiger partial charge is 0.256 e. The Morgan fingerprint density at radius 1 is 1.18 bits per heavy atom. The second-order valence-electron chi connectivity index (χ2n) is 7.51. The molecular weight excluding hydrogens is 414 g/mol. The third-order valence-electron chi connectivity index (χ3n) is 5.75. The van der Waals surface area contributed by atoms with Crippen LogP contribution in [0.2, 0.25) is 0 Å². The Bertz CT molecular complexity index is 982. The Morgan fingerprint density at radius 3 is 2.54 bits per heavy atom. The SMILES string of the molecule is CCC1=NC2(CCCC2)C(=O)N1Cc1ccc(-c2cc(Br)ccc2C#N)cc1. The number of benzene rings is 2.